The van der Waals surface area contributed by atoms with E-state index in [1.165, 1.54) is 18.3 Å². The number of likely N-dealkylation sites (tertiary alicyclic amines) is 1. The summed E-state index contributed by atoms with van der Waals surface area (Å²) in [6, 6.07) is 5.86. The highest BCUT2D eigenvalue weighted by atomic mass is 19.1. The Balaban J connectivity index is 1.78. The summed E-state index contributed by atoms with van der Waals surface area (Å²) in [4.78, 5) is 25.6. The van der Waals surface area contributed by atoms with Gasteiger partial charge in [0.2, 0.25) is 5.91 Å². The molecule has 2 aromatic rings. The van der Waals surface area contributed by atoms with Gasteiger partial charge in [0.05, 0.1) is 17.5 Å². The Morgan fingerprint density at radius 3 is 2.48 bits per heavy atom. The van der Waals surface area contributed by atoms with E-state index < -0.39 is 0 Å². The number of hydrogen-bond acceptors (Lipinski definition) is 3. The van der Waals surface area contributed by atoms with Crippen LogP contribution in [0, 0.1) is 11.7 Å². The molecule has 1 aliphatic rings. The number of nitrogens with zero attached hydrogens (tertiary/aromatic N) is 2. The summed E-state index contributed by atoms with van der Waals surface area (Å²) in [6.07, 6.45) is 2.62. The van der Waals surface area contributed by atoms with Gasteiger partial charge in [0.1, 0.15) is 5.82 Å². The van der Waals surface area contributed by atoms with Crippen LogP contribution in [-0.4, -0.2) is 40.0 Å². The number of rotatable bonds is 3. The number of carbonyl (C=O) groups is 2. The largest absolute Gasteiger partial charge is 0.369 e. The number of aromatic nitrogens is 2. The van der Waals surface area contributed by atoms with Crippen LogP contribution < -0.4 is 5.73 Å². The lowest BCUT2D eigenvalue weighted by Gasteiger charge is -2.30. The number of nitrogens with two attached hydrogens (primary N) is 1. The third-order valence-electron chi connectivity index (χ3n) is 4.19. The molecule has 0 atom stereocenters. The second kappa shape index (κ2) is 6.20. The highest BCUT2D eigenvalue weighted by Gasteiger charge is 2.28. The zero-order chi connectivity index (χ0) is 16.4. The van der Waals surface area contributed by atoms with Crippen molar-refractivity contribution >= 4 is 11.8 Å². The average molecular weight is 316 g/mol. The predicted octanol–water partition coefficient (Wildman–Crippen LogP) is 1.55. The maximum absolute atomic E-state index is 13.0. The van der Waals surface area contributed by atoms with E-state index in [1.807, 2.05) is 0 Å². The van der Waals surface area contributed by atoms with Crippen LogP contribution in [-0.2, 0) is 4.79 Å². The quantitative estimate of drug-likeness (QED) is 0.900. The van der Waals surface area contributed by atoms with Crippen molar-refractivity contribution in [2.45, 2.75) is 12.8 Å². The molecule has 1 fully saturated rings. The van der Waals surface area contributed by atoms with Gasteiger partial charge in [-0.2, -0.15) is 5.10 Å². The fraction of sp³-hybridized carbons (Fsp3) is 0.312. The number of carbonyl (C=O) groups excluding carboxylic acids is 2. The first-order chi connectivity index (χ1) is 11.1. The number of amides is 2. The predicted molar refractivity (Wildman–Crippen MR) is 81.8 cm³/mol. The molecule has 7 heteroatoms. The van der Waals surface area contributed by atoms with Crippen molar-refractivity contribution in [1.29, 1.82) is 0 Å². The Morgan fingerprint density at radius 2 is 1.87 bits per heavy atom. The highest BCUT2D eigenvalue weighted by Crippen LogP contribution is 2.25. The van der Waals surface area contributed by atoms with Gasteiger partial charge in [-0.05, 0) is 37.1 Å². The molecule has 2 amide bonds. The van der Waals surface area contributed by atoms with Crippen molar-refractivity contribution < 1.29 is 14.0 Å². The molecule has 23 heavy (non-hydrogen) atoms. The molecule has 1 aromatic heterocycles. The third-order valence-corrected chi connectivity index (χ3v) is 4.19. The van der Waals surface area contributed by atoms with Crippen LogP contribution in [0.5, 0.6) is 0 Å². The Kier molecular flexibility index (Phi) is 4.10. The molecule has 0 bridgehead atoms. The average Bonchev–Trinajstić information content (AvgIpc) is 3.04. The Bertz CT molecular complexity index is 718. The highest BCUT2D eigenvalue weighted by molar-refractivity contribution is 5.99. The molecule has 0 spiro atoms. The molecule has 3 rings (SSSR count). The molecule has 0 radical (unpaired) electrons. The Labute approximate surface area is 132 Å². The first-order valence-corrected chi connectivity index (χ1v) is 7.44. The van der Waals surface area contributed by atoms with Crippen LogP contribution >= 0.6 is 0 Å². The zero-order valence-corrected chi connectivity index (χ0v) is 12.5. The first kappa shape index (κ1) is 15.2. The van der Waals surface area contributed by atoms with Crippen LogP contribution in [0.4, 0.5) is 4.39 Å². The summed E-state index contributed by atoms with van der Waals surface area (Å²) in [5, 5.41) is 6.73. The van der Waals surface area contributed by atoms with Crippen molar-refractivity contribution in [3.63, 3.8) is 0 Å². The lowest BCUT2D eigenvalue weighted by Crippen LogP contribution is -2.41. The van der Waals surface area contributed by atoms with E-state index in [-0.39, 0.29) is 23.5 Å². The number of nitrogens with one attached hydrogen (secondary N) is 1. The minimum Gasteiger partial charge on any atom is -0.369 e. The first-order valence-electron chi connectivity index (χ1n) is 7.44. The zero-order valence-electron chi connectivity index (χ0n) is 12.5. The normalized spacial score (nSPS) is 15.6. The monoisotopic (exact) mass is 316 g/mol. The van der Waals surface area contributed by atoms with Crippen LogP contribution in [0.3, 0.4) is 0 Å². The van der Waals surface area contributed by atoms with Crippen molar-refractivity contribution in [1.82, 2.24) is 15.1 Å². The van der Waals surface area contributed by atoms with E-state index >= 15 is 0 Å². The molecular formula is C16H17FN4O2. The lowest BCUT2D eigenvalue weighted by atomic mass is 9.95. The molecule has 6 nitrogen and oxygen atoms in total. The van der Waals surface area contributed by atoms with Crippen molar-refractivity contribution in [3.05, 3.63) is 41.8 Å². The lowest BCUT2D eigenvalue weighted by molar-refractivity contribution is -0.123. The summed E-state index contributed by atoms with van der Waals surface area (Å²) in [6.45, 7) is 0.973. The maximum Gasteiger partial charge on any atom is 0.257 e. The van der Waals surface area contributed by atoms with Crippen molar-refractivity contribution in [2.75, 3.05) is 13.1 Å². The van der Waals surface area contributed by atoms with Gasteiger partial charge < -0.3 is 10.6 Å². The van der Waals surface area contributed by atoms with Crippen LogP contribution in [0.15, 0.2) is 30.5 Å². The molecule has 2 heterocycles. The smallest absolute Gasteiger partial charge is 0.257 e. The molecular weight excluding hydrogens is 299 g/mol. The summed E-state index contributed by atoms with van der Waals surface area (Å²) in [5.41, 5.74) is 7.00. The molecule has 0 unspecified atom stereocenters. The minimum atomic E-state index is -0.338. The second-order valence-corrected chi connectivity index (χ2v) is 5.63. The van der Waals surface area contributed by atoms with Gasteiger partial charge in [0, 0.05) is 24.6 Å². The number of hydrogen-bond donors (Lipinski definition) is 2. The molecule has 0 saturated carbocycles. The number of H-pyrrole nitrogens is 1. The number of halogens is 1. The Morgan fingerprint density at radius 1 is 1.22 bits per heavy atom. The summed E-state index contributed by atoms with van der Waals surface area (Å²) in [5.74, 6) is -0.969. The van der Waals surface area contributed by atoms with Crippen molar-refractivity contribution in [2.24, 2.45) is 11.7 Å². The molecule has 1 aliphatic heterocycles. The van der Waals surface area contributed by atoms with Crippen molar-refractivity contribution in [3.8, 4) is 11.3 Å². The molecule has 0 aliphatic carbocycles. The number of primary amides is 1. The standard InChI is InChI=1S/C16H17FN4O2/c17-12-3-1-10(2-4-12)14-13(9-19-20-14)16(23)21-7-5-11(6-8-21)15(18)22/h1-4,9,11H,5-8H2,(H2,18,22)(H,19,20). The van der Waals surface area contributed by atoms with E-state index in [9.17, 15) is 14.0 Å². The summed E-state index contributed by atoms with van der Waals surface area (Å²) < 4.78 is 13.0. The van der Waals surface area contributed by atoms with E-state index in [2.05, 4.69) is 10.2 Å². The SMILES string of the molecule is NC(=O)C1CCN(C(=O)c2cn[nH]c2-c2ccc(F)cc2)CC1. The minimum absolute atomic E-state index is 0.152. The summed E-state index contributed by atoms with van der Waals surface area (Å²) in [7, 11) is 0. The van der Waals surface area contributed by atoms with Gasteiger partial charge in [0.25, 0.3) is 5.91 Å². The second-order valence-electron chi connectivity index (χ2n) is 5.63. The van der Waals surface area contributed by atoms with E-state index in [4.69, 9.17) is 5.73 Å². The molecule has 3 N–H and O–H groups in total. The molecule has 1 saturated heterocycles. The van der Waals surface area contributed by atoms with Gasteiger partial charge in [-0.3, -0.25) is 14.7 Å². The van der Waals surface area contributed by atoms with Gasteiger partial charge in [-0.15, -0.1) is 0 Å². The van der Waals surface area contributed by atoms with E-state index in [1.54, 1.807) is 17.0 Å². The van der Waals surface area contributed by atoms with Gasteiger partial charge in [-0.1, -0.05) is 0 Å². The van der Waals surface area contributed by atoms with Crippen LogP contribution in [0.25, 0.3) is 11.3 Å². The van der Waals surface area contributed by atoms with Gasteiger partial charge >= 0.3 is 0 Å². The van der Waals surface area contributed by atoms with Gasteiger partial charge in [0.15, 0.2) is 0 Å². The third kappa shape index (κ3) is 3.08. The van der Waals surface area contributed by atoms with Gasteiger partial charge in [-0.25, -0.2) is 4.39 Å². The number of benzene rings is 1. The maximum atomic E-state index is 13.0. The topological polar surface area (TPSA) is 92.1 Å². The van der Waals surface area contributed by atoms with E-state index in [0.717, 1.165) is 0 Å². The summed E-state index contributed by atoms with van der Waals surface area (Å²) >= 11 is 0. The molecule has 120 valence electrons. The van der Waals surface area contributed by atoms with Crippen LogP contribution in [0.1, 0.15) is 23.2 Å². The Hall–Kier alpha value is -2.70. The number of aromatic amines is 1. The molecule has 1 aromatic carbocycles. The van der Waals surface area contributed by atoms with E-state index in [0.29, 0.717) is 42.8 Å². The van der Waals surface area contributed by atoms with Crippen LogP contribution in [0.2, 0.25) is 0 Å². The fourth-order valence-electron chi connectivity index (χ4n) is 2.82. The number of piperidine rings is 1. The fourth-order valence-corrected chi connectivity index (χ4v) is 2.82.